The van der Waals surface area contributed by atoms with Gasteiger partial charge >= 0.3 is 0 Å². The van der Waals surface area contributed by atoms with Gasteiger partial charge in [-0.25, -0.2) is 0 Å². The van der Waals surface area contributed by atoms with Crippen molar-refractivity contribution in [2.75, 3.05) is 18.5 Å². The van der Waals surface area contributed by atoms with E-state index in [-0.39, 0.29) is 18.8 Å². The molecule has 0 heterocycles. The zero-order valence-electron chi connectivity index (χ0n) is 7.93. The van der Waals surface area contributed by atoms with Gasteiger partial charge in [-0.1, -0.05) is 6.07 Å². The van der Waals surface area contributed by atoms with Gasteiger partial charge in [0.05, 0.1) is 11.5 Å². The Hall–Kier alpha value is -1.95. The van der Waals surface area contributed by atoms with Crippen LogP contribution in [0.3, 0.4) is 0 Å². The smallest absolute Gasteiger partial charge is 0.292 e. The molecule has 6 heteroatoms. The quantitative estimate of drug-likeness (QED) is 0.382. The molecule has 0 aliphatic rings. The molecule has 6 nitrogen and oxygen atoms in total. The first-order valence-corrected chi connectivity index (χ1v) is 4.32. The fourth-order valence-electron chi connectivity index (χ4n) is 1.13. The molecule has 0 atom stereocenters. The highest BCUT2D eigenvalue weighted by Gasteiger charge is 2.13. The van der Waals surface area contributed by atoms with Crippen LogP contribution in [0, 0.1) is 15.5 Å². The molecule has 0 saturated heterocycles. The van der Waals surface area contributed by atoms with Gasteiger partial charge in [-0.05, 0) is 11.6 Å². The van der Waals surface area contributed by atoms with E-state index in [1.165, 1.54) is 12.1 Å². The number of rotatable bonds is 5. The maximum atomic E-state index is 10.7. The molecule has 0 aromatic heterocycles. The van der Waals surface area contributed by atoms with E-state index in [1.807, 2.05) is 0 Å². The zero-order chi connectivity index (χ0) is 11.3. The van der Waals surface area contributed by atoms with Gasteiger partial charge in [0.15, 0.2) is 0 Å². The van der Waals surface area contributed by atoms with Gasteiger partial charge in [-0.15, -0.1) is 0 Å². The maximum Gasteiger partial charge on any atom is 0.292 e. The molecule has 0 bridgehead atoms. The summed E-state index contributed by atoms with van der Waals surface area (Å²) in [5, 5.41) is 29.0. The predicted molar refractivity (Wildman–Crippen MR) is 56.6 cm³/mol. The summed E-state index contributed by atoms with van der Waals surface area (Å²) in [5.74, 6) is 0. The van der Waals surface area contributed by atoms with Crippen molar-refractivity contribution in [2.45, 2.75) is 0 Å². The number of nitro groups is 1. The van der Waals surface area contributed by atoms with Crippen LogP contribution in [-0.4, -0.2) is 29.4 Å². The van der Waals surface area contributed by atoms with E-state index in [1.54, 1.807) is 6.07 Å². The SMILES string of the molecule is N=Cc1ccc(NCCO)c([N+](=O)[O-])c1. The average molecular weight is 209 g/mol. The van der Waals surface area contributed by atoms with Gasteiger partial charge in [0.1, 0.15) is 5.69 Å². The van der Waals surface area contributed by atoms with Crippen LogP contribution in [0.2, 0.25) is 0 Å². The topological polar surface area (TPSA) is 99.2 Å². The van der Waals surface area contributed by atoms with Crippen LogP contribution in [0.25, 0.3) is 0 Å². The standard InChI is InChI=1S/C9H11N3O3/c10-6-7-1-2-8(11-3-4-13)9(5-7)12(14)15/h1-2,5-6,10-11,13H,3-4H2. The summed E-state index contributed by atoms with van der Waals surface area (Å²) in [7, 11) is 0. The molecule has 0 fully saturated rings. The Labute approximate surface area is 86.2 Å². The summed E-state index contributed by atoms with van der Waals surface area (Å²) in [6.45, 7) is 0.161. The molecular formula is C9H11N3O3. The number of hydrogen-bond acceptors (Lipinski definition) is 5. The minimum atomic E-state index is -0.521. The molecule has 0 saturated carbocycles. The van der Waals surface area contributed by atoms with E-state index >= 15 is 0 Å². The Bertz CT molecular complexity index is 379. The average Bonchev–Trinajstić information content (AvgIpc) is 2.26. The molecule has 0 aliphatic heterocycles. The molecule has 0 unspecified atom stereocenters. The van der Waals surface area contributed by atoms with Crippen LogP contribution >= 0.6 is 0 Å². The number of nitrogens with zero attached hydrogens (tertiary/aromatic N) is 1. The Morgan fingerprint density at radius 3 is 2.87 bits per heavy atom. The molecule has 0 radical (unpaired) electrons. The minimum absolute atomic E-state index is 0.0931. The molecule has 15 heavy (non-hydrogen) atoms. The van der Waals surface area contributed by atoms with Crippen molar-refractivity contribution in [3.05, 3.63) is 33.9 Å². The maximum absolute atomic E-state index is 10.7. The van der Waals surface area contributed by atoms with Crippen LogP contribution in [0.15, 0.2) is 18.2 Å². The van der Waals surface area contributed by atoms with Crippen LogP contribution in [0.1, 0.15) is 5.56 Å². The van der Waals surface area contributed by atoms with E-state index in [0.717, 1.165) is 6.21 Å². The Balaban J connectivity index is 3.03. The van der Waals surface area contributed by atoms with Crippen molar-refractivity contribution >= 4 is 17.6 Å². The first-order valence-electron chi connectivity index (χ1n) is 4.32. The predicted octanol–water partition coefficient (Wildman–Crippen LogP) is 0.997. The van der Waals surface area contributed by atoms with Gasteiger partial charge in [-0.3, -0.25) is 10.1 Å². The second kappa shape index (κ2) is 5.06. The number of hydrogen-bond donors (Lipinski definition) is 3. The Morgan fingerprint density at radius 1 is 1.60 bits per heavy atom. The van der Waals surface area contributed by atoms with Crippen LogP contribution < -0.4 is 5.32 Å². The lowest BCUT2D eigenvalue weighted by Crippen LogP contribution is -2.07. The number of anilines is 1. The summed E-state index contributed by atoms with van der Waals surface area (Å²) in [6.07, 6.45) is 1.04. The molecule has 0 spiro atoms. The van der Waals surface area contributed by atoms with E-state index in [2.05, 4.69) is 5.32 Å². The van der Waals surface area contributed by atoms with Gasteiger partial charge in [-0.2, -0.15) is 0 Å². The molecule has 3 N–H and O–H groups in total. The van der Waals surface area contributed by atoms with Crippen molar-refractivity contribution in [3.8, 4) is 0 Å². The molecule has 0 aliphatic carbocycles. The molecular weight excluding hydrogens is 198 g/mol. The van der Waals surface area contributed by atoms with Crippen molar-refractivity contribution in [3.63, 3.8) is 0 Å². The van der Waals surface area contributed by atoms with Gasteiger partial charge < -0.3 is 15.8 Å². The molecule has 1 rings (SSSR count). The zero-order valence-corrected chi connectivity index (χ0v) is 7.93. The normalized spacial score (nSPS) is 9.67. The summed E-state index contributed by atoms with van der Waals surface area (Å²) in [5.41, 5.74) is 0.723. The third kappa shape index (κ3) is 2.75. The summed E-state index contributed by atoms with van der Waals surface area (Å²) in [6, 6.07) is 4.43. The lowest BCUT2D eigenvalue weighted by molar-refractivity contribution is -0.384. The molecule has 1 aromatic carbocycles. The summed E-state index contributed by atoms with van der Waals surface area (Å²) in [4.78, 5) is 10.2. The van der Waals surface area contributed by atoms with Crippen LogP contribution in [0.4, 0.5) is 11.4 Å². The monoisotopic (exact) mass is 209 g/mol. The third-order valence-electron chi connectivity index (χ3n) is 1.81. The van der Waals surface area contributed by atoms with E-state index in [0.29, 0.717) is 11.3 Å². The van der Waals surface area contributed by atoms with Crippen molar-refractivity contribution in [1.82, 2.24) is 0 Å². The number of aliphatic hydroxyl groups is 1. The molecule has 0 amide bonds. The van der Waals surface area contributed by atoms with E-state index in [4.69, 9.17) is 10.5 Å². The van der Waals surface area contributed by atoms with Gasteiger partial charge in [0.2, 0.25) is 0 Å². The van der Waals surface area contributed by atoms with Crippen molar-refractivity contribution in [1.29, 1.82) is 5.41 Å². The van der Waals surface area contributed by atoms with E-state index in [9.17, 15) is 10.1 Å². The highest BCUT2D eigenvalue weighted by atomic mass is 16.6. The number of aliphatic hydroxyl groups excluding tert-OH is 1. The summed E-state index contributed by atoms with van der Waals surface area (Å²) < 4.78 is 0. The second-order valence-electron chi connectivity index (χ2n) is 2.83. The minimum Gasteiger partial charge on any atom is -0.395 e. The van der Waals surface area contributed by atoms with Crippen molar-refractivity contribution < 1.29 is 10.0 Å². The van der Waals surface area contributed by atoms with Gasteiger partial charge in [0, 0.05) is 18.8 Å². The van der Waals surface area contributed by atoms with Crippen molar-refractivity contribution in [2.24, 2.45) is 0 Å². The fourth-order valence-corrected chi connectivity index (χ4v) is 1.13. The number of nitro benzene ring substituents is 1. The second-order valence-corrected chi connectivity index (χ2v) is 2.83. The van der Waals surface area contributed by atoms with E-state index < -0.39 is 4.92 Å². The third-order valence-corrected chi connectivity index (χ3v) is 1.81. The Morgan fingerprint density at radius 2 is 2.33 bits per heavy atom. The number of nitrogens with one attached hydrogen (secondary N) is 2. The molecule has 80 valence electrons. The fraction of sp³-hybridized carbons (Fsp3) is 0.222. The number of benzene rings is 1. The largest absolute Gasteiger partial charge is 0.395 e. The van der Waals surface area contributed by atoms with Crippen LogP contribution in [0.5, 0.6) is 0 Å². The van der Waals surface area contributed by atoms with Gasteiger partial charge in [0.25, 0.3) is 5.69 Å². The first-order chi connectivity index (χ1) is 7.19. The lowest BCUT2D eigenvalue weighted by atomic mass is 10.2. The highest BCUT2D eigenvalue weighted by Crippen LogP contribution is 2.24. The Kier molecular flexibility index (Phi) is 3.75. The highest BCUT2D eigenvalue weighted by molar-refractivity contribution is 5.80. The van der Waals surface area contributed by atoms with Crippen LogP contribution in [-0.2, 0) is 0 Å². The lowest BCUT2D eigenvalue weighted by Gasteiger charge is -2.05. The first kappa shape index (κ1) is 11.1. The molecule has 1 aromatic rings. The summed E-state index contributed by atoms with van der Waals surface area (Å²) >= 11 is 0.